The molecule has 4 aliphatic carbocycles. The van der Waals surface area contributed by atoms with Gasteiger partial charge in [-0.15, -0.1) is 0 Å². The van der Waals surface area contributed by atoms with Crippen LogP contribution in [0.2, 0.25) is 0 Å². The number of hydrogen-bond acceptors (Lipinski definition) is 4. The molecule has 0 aliphatic heterocycles. The fourth-order valence-corrected chi connectivity index (χ4v) is 8.99. The first-order valence-corrected chi connectivity index (χ1v) is 12.1. The third kappa shape index (κ3) is 4.20. The van der Waals surface area contributed by atoms with E-state index in [4.69, 9.17) is 6.85 Å². The van der Waals surface area contributed by atoms with Crippen LogP contribution >= 0.6 is 0 Å². The third-order valence-electron chi connectivity index (χ3n) is 10.5. The van der Waals surface area contributed by atoms with Crippen molar-refractivity contribution in [1.29, 1.82) is 0 Å². The van der Waals surface area contributed by atoms with E-state index in [9.17, 15) is 20.1 Å². The van der Waals surface area contributed by atoms with Crippen LogP contribution in [-0.4, -0.2) is 28.4 Å². The van der Waals surface area contributed by atoms with Crippen molar-refractivity contribution in [3.63, 3.8) is 0 Å². The van der Waals surface area contributed by atoms with Gasteiger partial charge in [-0.05, 0) is 110 Å². The van der Waals surface area contributed by atoms with Crippen LogP contribution in [0.1, 0.15) is 98.6 Å². The summed E-state index contributed by atoms with van der Waals surface area (Å²) in [7, 11) is 0. The first-order valence-electron chi connectivity index (χ1n) is 14.6. The number of carboxylic acid groups (broad SMARTS) is 1. The Morgan fingerprint density at radius 3 is 2.48 bits per heavy atom. The van der Waals surface area contributed by atoms with E-state index in [2.05, 4.69) is 20.8 Å². The number of carboxylic acids is 1. The Kier molecular flexibility index (Phi) is 6.07. The van der Waals surface area contributed by atoms with Gasteiger partial charge in [-0.1, -0.05) is 34.0 Å². The van der Waals surface area contributed by atoms with E-state index in [1.807, 2.05) is 0 Å². The second-order valence-corrected chi connectivity index (χ2v) is 11.6. The molecule has 0 aromatic rings. The number of aliphatic carboxylic acids is 1. The summed E-state index contributed by atoms with van der Waals surface area (Å²) in [5, 5.41) is 33.5. The number of hydrogen-bond donors (Lipinski definition) is 2. The number of rotatable bonds is 5. The van der Waals surface area contributed by atoms with E-state index in [0.717, 1.165) is 32.1 Å². The Morgan fingerprint density at radius 2 is 1.81 bits per heavy atom. The molecular weight excluding hydrogens is 399 g/mol. The summed E-state index contributed by atoms with van der Waals surface area (Å²) in [6.45, 7) is 3.67. The first kappa shape index (κ1) is 19.7. The normalized spacial score (nSPS) is 53.1. The summed E-state index contributed by atoms with van der Waals surface area (Å²) in [6.07, 6.45) is 1.75. The molecule has 11 atom stereocenters. The molecule has 0 aromatic carbocycles. The van der Waals surface area contributed by atoms with Crippen molar-refractivity contribution in [1.82, 2.24) is 0 Å². The molecule has 0 saturated heterocycles. The largest absolute Gasteiger partial charge is 1.00 e. The van der Waals surface area contributed by atoms with Gasteiger partial charge in [0.15, 0.2) is 0 Å². The smallest absolute Gasteiger partial charge is 0.550 e. The van der Waals surface area contributed by atoms with Crippen LogP contribution < -0.4 is 34.7 Å². The molecule has 0 aromatic heterocycles. The zero-order valence-corrected chi connectivity index (χ0v) is 21.8. The summed E-state index contributed by atoms with van der Waals surface area (Å²) in [5.41, 5.74) is -0.422. The van der Waals surface area contributed by atoms with Gasteiger partial charge in [0.05, 0.1) is 12.2 Å². The molecule has 4 nitrogen and oxygen atoms in total. The number of aliphatic hydroxyl groups is 2. The van der Waals surface area contributed by atoms with Crippen molar-refractivity contribution in [3.8, 4) is 0 Å². The zero-order valence-electron chi connectivity index (χ0n) is 24.8. The zero-order chi connectivity index (χ0) is 26.1. The molecule has 31 heavy (non-hydrogen) atoms. The topological polar surface area (TPSA) is 80.6 Å². The van der Waals surface area contributed by atoms with Crippen molar-refractivity contribution in [2.75, 3.05) is 0 Å². The summed E-state index contributed by atoms with van der Waals surface area (Å²) >= 11 is 0. The van der Waals surface area contributed by atoms with Gasteiger partial charge >= 0.3 is 29.6 Å². The molecule has 0 heterocycles. The molecule has 4 rings (SSSR count). The van der Waals surface area contributed by atoms with Gasteiger partial charge in [0.25, 0.3) is 0 Å². The van der Waals surface area contributed by atoms with E-state index >= 15 is 0 Å². The van der Waals surface area contributed by atoms with Crippen molar-refractivity contribution in [2.45, 2.75) is 104 Å². The van der Waals surface area contributed by atoms with Crippen molar-refractivity contribution in [3.05, 3.63) is 0 Å². The van der Waals surface area contributed by atoms with E-state index in [-0.39, 0.29) is 76.4 Å². The van der Waals surface area contributed by atoms with Crippen molar-refractivity contribution in [2.24, 2.45) is 52.3 Å². The molecule has 172 valence electrons. The fraction of sp³-hybridized carbons (Fsp3) is 0.962. The number of fused-ring (bicyclic) bond motifs is 5. The maximum absolute atomic E-state index is 11.9. The van der Waals surface area contributed by atoms with Crippen LogP contribution in [0.15, 0.2) is 0 Å². The summed E-state index contributed by atoms with van der Waals surface area (Å²) in [4.78, 5) is 11.1. The van der Waals surface area contributed by atoms with Crippen LogP contribution in [0.3, 0.4) is 0 Å². The van der Waals surface area contributed by atoms with Crippen LogP contribution in [-0.2, 0) is 4.79 Å². The van der Waals surface area contributed by atoms with Gasteiger partial charge in [0.1, 0.15) is 0 Å². The molecular formula is C26H43NaO4. The van der Waals surface area contributed by atoms with Gasteiger partial charge in [-0.3, -0.25) is 0 Å². The average molecular weight is 448 g/mol. The summed E-state index contributed by atoms with van der Waals surface area (Å²) in [5.74, 6) is -1.84. The van der Waals surface area contributed by atoms with Crippen LogP contribution in [0, 0.1) is 52.3 Å². The van der Waals surface area contributed by atoms with Gasteiger partial charge in [-0.25, -0.2) is 0 Å². The molecule has 0 bridgehead atoms. The minimum absolute atomic E-state index is 0. The van der Waals surface area contributed by atoms with Crippen molar-refractivity contribution >= 4 is 5.97 Å². The third-order valence-corrected chi connectivity index (χ3v) is 10.5. The Balaban J connectivity index is 0.00000361. The molecule has 0 amide bonds. The molecule has 0 unspecified atom stereocenters. The maximum atomic E-state index is 11.9. The molecule has 2 N–H and O–H groups in total. The van der Waals surface area contributed by atoms with Gasteiger partial charge in [0, 0.05) is 12.8 Å². The van der Waals surface area contributed by atoms with E-state index in [1.165, 1.54) is 0 Å². The average Bonchev–Trinajstić information content (AvgIpc) is 3.09. The van der Waals surface area contributed by atoms with Gasteiger partial charge < -0.3 is 20.1 Å². The molecule has 4 saturated carbocycles. The Bertz CT molecular complexity index is 825. The predicted octanol–water partition coefficient (Wildman–Crippen LogP) is 0.783. The number of carbonyl (C=O) groups is 1. The second kappa shape index (κ2) is 9.56. The molecule has 4 fully saturated rings. The van der Waals surface area contributed by atoms with Gasteiger partial charge in [-0.2, -0.15) is 0 Å². The molecule has 5 heteroatoms. The SMILES string of the molecule is [2H]C([2H])([2H])C([2H])([2H])[C@H]1[C@@H](O)[C@@H]2[C@H](CC[C@]3(C)[C@@H]([C@H](C)CCC(=O)[O-])CC[C@@H]23)[C@@]2(C)CC[C@@H](O)C[C@@H]12.[Na+]. The summed E-state index contributed by atoms with van der Waals surface area (Å²) in [6, 6.07) is 0. The van der Waals surface area contributed by atoms with Crippen LogP contribution in [0.4, 0.5) is 0 Å². The minimum atomic E-state index is -2.87. The molecule has 4 aliphatic rings. The van der Waals surface area contributed by atoms with Gasteiger partial charge in [0.2, 0.25) is 0 Å². The van der Waals surface area contributed by atoms with Crippen molar-refractivity contribution < 1.29 is 56.5 Å². The fourth-order valence-electron chi connectivity index (χ4n) is 8.99. The van der Waals surface area contributed by atoms with Crippen LogP contribution in [0.25, 0.3) is 0 Å². The quantitative estimate of drug-likeness (QED) is 0.611. The Hall–Kier alpha value is 0.390. The monoisotopic (exact) mass is 447 g/mol. The maximum Gasteiger partial charge on any atom is 1.00 e. The molecule has 0 radical (unpaired) electrons. The first-order chi connectivity index (χ1) is 16.1. The Labute approximate surface area is 218 Å². The van der Waals surface area contributed by atoms with E-state index in [0.29, 0.717) is 25.2 Å². The van der Waals surface area contributed by atoms with E-state index in [1.54, 1.807) is 0 Å². The minimum Gasteiger partial charge on any atom is -0.550 e. The van der Waals surface area contributed by atoms with E-state index < -0.39 is 37.3 Å². The number of carbonyl (C=O) groups excluding carboxylic acids is 1. The Morgan fingerprint density at radius 1 is 1.13 bits per heavy atom. The predicted molar refractivity (Wildman–Crippen MR) is 115 cm³/mol. The standard InChI is InChI=1S/C26H44O4.Na/c1-5-17-21-14-16(27)10-12-26(21,4)20-11-13-25(3)18(15(2)6-9-22(28)29)7-8-19(25)23(20)24(17)30;/h15-21,23-24,27,30H,5-14H2,1-4H3,(H,28,29);/q;+1/p-1/t15-,16-,17-,18-,19+,20+,21+,23+,24-,25-,26-;/m1./s1/i1D3,5D2;. The second-order valence-electron chi connectivity index (χ2n) is 11.6. The number of aliphatic hydroxyl groups excluding tert-OH is 2. The summed E-state index contributed by atoms with van der Waals surface area (Å²) < 4.78 is 41.4. The van der Waals surface area contributed by atoms with Crippen LogP contribution in [0.5, 0.6) is 0 Å². The molecule has 0 spiro atoms.